The van der Waals surface area contributed by atoms with E-state index in [-0.39, 0.29) is 5.84 Å². The molecule has 5 nitrogen and oxygen atoms in total. The highest BCUT2D eigenvalue weighted by molar-refractivity contribution is 6.31. The summed E-state index contributed by atoms with van der Waals surface area (Å²) in [4.78, 5) is 4.90. The molecule has 21 heavy (non-hydrogen) atoms. The Bertz CT molecular complexity index is 563. The zero-order valence-electron chi connectivity index (χ0n) is 12.2. The molecule has 2 aliphatic rings. The molecule has 3 rings (SSSR count). The van der Waals surface area contributed by atoms with E-state index in [0.717, 1.165) is 24.3 Å². The molecule has 114 valence electrons. The average molecular weight is 309 g/mol. The van der Waals surface area contributed by atoms with Crippen molar-refractivity contribution in [3.8, 4) is 0 Å². The van der Waals surface area contributed by atoms with Crippen LogP contribution in [0.5, 0.6) is 0 Å². The number of nitrogens with zero attached hydrogens (tertiary/aromatic N) is 3. The van der Waals surface area contributed by atoms with Crippen LogP contribution in [0.4, 0.5) is 5.69 Å². The molecule has 0 amide bonds. The van der Waals surface area contributed by atoms with Crippen molar-refractivity contribution in [2.24, 2.45) is 10.9 Å². The number of amidine groups is 1. The molecule has 2 unspecified atom stereocenters. The first-order chi connectivity index (χ1) is 10.1. The molecule has 1 aromatic rings. The normalized spacial score (nSPS) is 27.0. The van der Waals surface area contributed by atoms with E-state index in [0.29, 0.717) is 17.1 Å². The van der Waals surface area contributed by atoms with Gasteiger partial charge in [-0.15, -0.1) is 0 Å². The molecule has 6 heteroatoms. The van der Waals surface area contributed by atoms with Gasteiger partial charge < -0.3 is 15.8 Å². The van der Waals surface area contributed by atoms with Crippen molar-refractivity contribution < 1.29 is 5.21 Å². The SMILES string of the molecule is CC1CN2CCCC2CN1c1cc(Cl)ccc1/C(N)=N/O. The molecule has 0 bridgehead atoms. The Hall–Kier alpha value is -1.46. The lowest BCUT2D eigenvalue weighted by molar-refractivity contribution is 0.203. The molecule has 2 saturated heterocycles. The van der Waals surface area contributed by atoms with Gasteiger partial charge in [-0.25, -0.2) is 0 Å². The van der Waals surface area contributed by atoms with Gasteiger partial charge in [-0.2, -0.15) is 0 Å². The third kappa shape index (κ3) is 2.68. The first-order valence-corrected chi connectivity index (χ1v) is 7.76. The average Bonchev–Trinajstić information content (AvgIpc) is 2.92. The van der Waals surface area contributed by atoms with Gasteiger partial charge in [-0.3, -0.25) is 4.90 Å². The summed E-state index contributed by atoms with van der Waals surface area (Å²) in [5, 5.41) is 12.8. The smallest absolute Gasteiger partial charge is 0.172 e. The van der Waals surface area contributed by atoms with Crippen molar-refractivity contribution in [1.29, 1.82) is 0 Å². The van der Waals surface area contributed by atoms with Gasteiger partial charge in [0.15, 0.2) is 5.84 Å². The standard InChI is InChI=1S/C15H21ClN4O/c1-10-8-19-6-2-3-12(19)9-20(10)14-7-11(16)4-5-13(14)15(17)18-21/h4-5,7,10,12,21H,2-3,6,8-9H2,1H3,(H2,17,18). The summed E-state index contributed by atoms with van der Waals surface area (Å²) in [5.74, 6) is 0.128. The second-order valence-electron chi connectivity index (χ2n) is 5.94. The van der Waals surface area contributed by atoms with Gasteiger partial charge in [-0.1, -0.05) is 16.8 Å². The van der Waals surface area contributed by atoms with E-state index in [1.165, 1.54) is 19.4 Å². The van der Waals surface area contributed by atoms with Crippen molar-refractivity contribution >= 4 is 23.1 Å². The quantitative estimate of drug-likeness (QED) is 0.380. The van der Waals surface area contributed by atoms with Crippen LogP contribution >= 0.6 is 11.6 Å². The minimum Gasteiger partial charge on any atom is -0.409 e. The fraction of sp³-hybridized carbons (Fsp3) is 0.533. The molecular formula is C15H21ClN4O. The second-order valence-corrected chi connectivity index (χ2v) is 6.38. The number of benzene rings is 1. The lowest BCUT2D eigenvalue weighted by atomic mass is 10.0. The maximum absolute atomic E-state index is 9.00. The minimum atomic E-state index is 0.128. The zero-order chi connectivity index (χ0) is 15.0. The number of oxime groups is 1. The fourth-order valence-corrected chi connectivity index (χ4v) is 3.70. The molecule has 0 radical (unpaired) electrons. The van der Waals surface area contributed by atoms with E-state index in [2.05, 4.69) is 21.9 Å². The molecule has 0 saturated carbocycles. The first kappa shape index (κ1) is 14.5. The summed E-state index contributed by atoms with van der Waals surface area (Å²) in [6, 6.07) is 6.48. The molecular weight excluding hydrogens is 288 g/mol. The largest absolute Gasteiger partial charge is 0.409 e. The van der Waals surface area contributed by atoms with Crippen molar-refractivity contribution in [2.45, 2.75) is 31.8 Å². The van der Waals surface area contributed by atoms with E-state index >= 15 is 0 Å². The van der Waals surface area contributed by atoms with Gasteiger partial charge in [0, 0.05) is 41.4 Å². The van der Waals surface area contributed by atoms with Crippen molar-refractivity contribution in [3.05, 3.63) is 28.8 Å². The Kier molecular flexibility index (Phi) is 3.95. The van der Waals surface area contributed by atoms with E-state index < -0.39 is 0 Å². The van der Waals surface area contributed by atoms with Gasteiger partial charge in [0.2, 0.25) is 0 Å². The monoisotopic (exact) mass is 308 g/mol. The zero-order valence-corrected chi connectivity index (χ0v) is 12.9. The number of fused-ring (bicyclic) bond motifs is 1. The van der Waals surface area contributed by atoms with Crippen LogP contribution in [-0.2, 0) is 0 Å². The van der Waals surface area contributed by atoms with E-state index in [1.807, 2.05) is 12.1 Å². The predicted molar refractivity (Wildman–Crippen MR) is 85.4 cm³/mol. The van der Waals surface area contributed by atoms with Crippen molar-refractivity contribution in [2.75, 3.05) is 24.5 Å². The third-order valence-electron chi connectivity index (χ3n) is 4.59. The minimum absolute atomic E-state index is 0.128. The second kappa shape index (κ2) is 5.73. The number of halogens is 1. The van der Waals surface area contributed by atoms with Crippen LogP contribution in [0.1, 0.15) is 25.3 Å². The highest BCUT2D eigenvalue weighted by Crippen LogP contribution is 2.32. The highest BCUT2D eigenvalue weighted by atomic mass is 35.5. The van der Waals surface area contributed by atoms with Crippen LogP contribution in [-0.4, -0.2) is 47.7 Å². The van der Waals surface area contributed by atoms with Crippen LogP contribution in [0.3, 0.4) is 0 Å². The van der Waals surface area contributed by atoms with Gasteiger partial charge in [0.05, 0.1) is 0 Å². The lowest BCUT2D eigenvalue weighted by Crippen LogP contribution is -2.55. The fourth-order valence-electron chi connectivity index (χ4n) is 3.54. The molecule has 2 fully saturated rings. The molecule has 2 atom stereocenters. The lowest BCUT2D eigenvalue weighted by Gasteiger charge is -2.44. The molecule has 0 spiro atoms. The molecule has 3 N–H and O–H groups in total. The third-order valence-corrected chi connectivity index (χ3v) is 4.83. The summed E-state index contributed by atoms with van der Waals surface area (Å²) < 4.78 is 0. The number of rotatable bonds is 2. The Morgan fingerprint density at radius 2 is 2.24 bits per heavy atom. The number of hydrogen-bond donors (Lipinski definition) is 2. The molecule has 1 aromatic carbocycles. The molecule has 0 aromatic heterocycles. The van der Waals surface area contributed by atoms with Gasteiger partial charge in [0.25, 0.3) is 0 Å². The summed E-state index contributed by atoms with van der Waals surface area (Å²) in [6.45, 7) is 5.43. The van der Waals surface area contributed by atoms with Crippen molar-refractivity contribution in [3.63, 3.8) is 0 Å². The van der Waals surface area contributed by atoms with Crippen LogP contribution in [0.25, 0.3) is 0 Å². The van der Waals surface area contributed by atoms with Crippen LogP contribution in [0.15, 0.2) is 23.4 Å². The van der Waals surface area contributed by atoms with Gasteiger partial charge >= 0.3 is 0 Å². The Morgan fingerprint density at radius 1 is 1.43 bits per heavy atom. The molecule has 2 heterocycles. The highest BCUT2D eigenvalue weighted by Gasteiger charge is 2.35. The summed E-state index contributed by atoms with van der Waals surface area (Å²) >= 11 is 6.16. The Balaban J connectivity index is 1.97. The number of nitrogens with two attached hydrogens (primary N) is 1. The number of piperazine rings is 1. The maximum atomic E-state index is 9.00. The van der Waals surface area contributed by atoms with Gasteiger partial charge in [0.1, 0.15) is 0 Å². The predicted octanol–water partition coefficient (Wildman–Crippen LogP) is 2.11. The van der Waals surface area contributed by atoms with Crippen molar-refractivity contribution in [1.82, 2.24) is 4.90 Å². The van der Waals surface area contributed by atoms with E-state index in [1.54, 1.807) is 6.07 Å². The first-order valence-electron chi connectivity index (χ1n) is 7.38. The van der Waals surface area contributed by atoms with Crippen LogP contribution in [0.2, 0.25) is 5.02 Å². The summed E-state index contributed by atoms with van der Waals surface area (Å²) in [6.07, 6.45) is 2.51. The Morgan fingerprint density at radius 3 is 3.00 bits per heavy atom. The van der Waals surface area contributed by atoms with Crippen LogP contribution in [0, 0.1) is 0 Å². The van der Waals surface area contributed by atoms with E-state index in [9.17, 15) is 0 Å². The summed E-state index contributed by atoms with van der Waals surface area (Å²) in [7, 11) is 0. The maximum Gasteiger partial charge on any atom is 0.172 e. The molecule has 0 aliphatic carbocycles. The van der Waals surface area contributed by atoms with Crippen LogP contribution < -0.4 is 10.6 Å². The number of anilines is 1. The molecule has 2 aliphatic heterocycles. The van der Waals surface area contributed by atoms with E-state index in [4.69, 9.17) is 22.5 Å². The Labute approximate surface area is 130 Å². The topological polar surface area (TPSA) is 65.1 Å². The van der Waals surface area contributed by atoms with Gasteiger partial charge in [-0.05, 0) is 44.5 Å². The number of hydrogen-bond acceptors (Lipinski definition) is 4. The summed E-state index contributed by atoms with van der Waals surface area (Å²) in [5.41, 5.74) is 7.52.